The van der Waals surface area contributed by atoms with Crippen LogP contribution in [0, 0.1) is 0 Å². The van der Waals surface area contributed by atoms with E-state index >= 15 is 0 Å². The summed E-state index contributed by atoms with van der Waals surface area (Å²) in [6.45, 7) is 22.6. The molecular formula is C26H40N2. The van der Waals surface area contributed by atoms with E-state index in [1.165, 1.54) is 11.1 Å². The molecule has 0 aromatic carbocycles. The topological polar surface area (TPSA) is 25.8 Å². The van der Waals surface area contributed by atoms with Crippen molar-refractivity contribution in [2.45, 2.75) is 104 Å². The largest absolute Gasteiger partial charge is 0.260 e. The number of hydrogen-bond donors (Lipinski definition) is 0. The van der Waals surface area contributed by atoms with Crippen molar-refractivity contribution in [3.05, 3.63) is 59.2 Å². The molecule has 0 amide bonds. The maximum Gasteiger partial charge on any atom is 0.0457 e. The molecule has 0 fully saturated rings. The average Bonchev–Trinajstić information content (AvgIpc) is 2.59. The molecule has 0 saturated carbocycles. The quantitative estimate of drug-likeness (QED) is 0.552. The Hall–Kier alpha value is -1.70. The van der Waals surface area contributed by atoms with Gasteiger partial charge in [-0.1, -0.05) is 81.4 Å². The molecule has 0 N–H and O–H groups in total. The van der Waals surface area contributed by atoms with Gasteiger partial charge in [0, 0.05) is 34.6 Å². The first kappa shape index (κ1) is 22.6. The van der Waals surface area contributed by atoms with Crippen molar-refractivity contribution < 1.29 is 0 Å². The van der Waals surface area contributed by atoms with Crippen LogP contribution in [-0.2, 0) is 21.7 Å². The van der Waals surface area contributed by atoms with Crippen molar-refractivity contribution in [2.24, 2.45) is 0 Å². The number of nitrogens with zero attached hydrogens (tertiary/aromatic N) is 2. The van der Waals surface area contributed by atoms with Gasteiger partial charge in [-0.15, -0.1) is 0 Å². The van der Waals surface area contributed by atoms with E-state index < -0.39 is 0 Å². The Labute approximate surface area is 173 Å². The van der Waals surface area contributed by atoms with Crippen LogP contribution < -0.4 is 0 Å². The molecule has 0 aliphatic heterocycles. The van der Waals surface area contributed by atoms with E-state index in [2.05, 4.69) is 106 Å². The fourth-order valence-corrected chi connectivity index (χ4v) is 3.39. The van der Waals surface area contributed by atoms with Crippen LogP contribution in [0.4, 0.5) is 0 Å². The molecule has 2 heterocycles. The van der Waals surface area contributed by atoms with Crippen LogP contribution >= 0.6 is 0 Å². The lowest BCUT2D eigenvalue weighted by molar-refractivity contribution is 0.373. The highest BCUT2D eigenvalue weighted by atomic mass is 14.7. The van der Waals surface area contributed by atoms with Gasteiger partial charge >= 0.3 is 0 Å². The summed E-state index contributed by atoms with van der Waals surface area (Å²) in [5, 5.41) is 0. The maximum absolute atomic E-state index is 4.74. The summed E-state index contributed by atoms with van der Waals surface area (Å²) >= 11 is 0. The molecule has 0 bridgehead atoms. The van der Waals surface area contributed by atoms with Crippen LogP contribution in [0.5, 0.6) is 0 Å². The highest BCUT2D eigenvalue weighted by Gasteiger charge is 2.28. The molecular weight excluding hydrogens is 340 g/mol. The van der Waals surface area contributed by atoms with Crippen LogP contribution in [0.25, 0.3) is 0 Å². The van der Waals surface area contributed by atoms with Crippen molar-refractivity contribution in [3.8, 4) is 0 Å². The Morgan fingerprint density at radius 1 is 0.536 bits per heavy atom. The minimum absolute atomic E-state index is 0.0941. The van der Waals surface area contributed by atoms with Gasteiger partial charge in [-0.3, -0.25) is 9.97 Å². The normalized spacial score (nSPS) is 13.6. The van der Waals surface area contributed by atoms with Gasteiger partial charge in [-0.25, -0.2) is 0 Å². The standard InChI is InChI=1S/C26H40N2/c1-23(2,3)21-13-11-19(17-27-21)25(7,8)15-16-26(9,10)20-12-14-22(28-18-20)24(4,5)6/h11-14,17-18H,15-16H2,1-10H3. The molecule has 0 aliphatic rings. The molecule has 2 heteroatoms. The Morgan fingerprint density at radius 2 is 0.857 bits per heavy atom. The fourth-order valence-electron chi connectivity index (χ4n) is 3.39. The van der Waals surface area contributed by atoms with Crippen LogP contribution in [0.3, 0.4) is 0 Å². The molecule has 2 nitrogen and oxygen atoms in total. The second kappa shape index (κ2) is 7.61. The highest BCUT2D eigenvalue weighted by molar-refractivity contribution is 5.27. The van der Waals surface area contributed by atoms with E-state index in [1.807, 2.05) is 0 Å². The zero-order valence-electron chi connectivity index (χ0n) is 19.8. The lowest BCUT2D eigenvalue weighted by Crippen LogP contribution is -2.25. The number of rotatable bonds is 5. The average molecular weight is 381 g/mol. The van der Waals surface area contributed by atoms with Crippen molar-refractivity contribution >= 4 is 0 Å². The van der Waals surface area contributed by atoms with Crippen LogP contribution in [0.1, 0.15) is 105 Å². The first-order valence-electron chi connectivity index (χ1n) is 10.6. The molecule has 2 aromatic heterocycles. The molecule has 28 heavy (non-hydrogen) atoms. The number of aromatic nitrogens is 2. The third kappa shape index (κ3) is 5.43. The highest BCUT2D eigenvalue weighted by Crippen LogP contribution is 2.36. The summed E-state index contributed by atoms with van der Waals surface area (Å²) in [4.78, 5) is 9.48. The third-order valence-corrected chi connectivity index (χ3v) is 6.00. The lowest BCUT2D eigenvalue weighted by Gasteiger charge is -2.32. The summed E-state index contributed by atoms with van der Waals surface area (Å²) in [6, 6.07) is 8.91. The van der Waals surface area contributed by atoms with E-state index in [-0.39, 0.29) is 21.7 Å². The van der Waals surface area contributed by atoms with E-state index in [9.17, 15) is 0 Å². The molecule has 0 unspecified atom stereocenters. The zero-order chi connectivity index (χ0) is 21.4. The van der Waals surface area contributed by atoms with E-state index in [0.29, 0.717) is 0 Å². The number of hydrogen-bond acceptors (Lipinski definition) is 2. The molecule has 2 rings (SSSR count). The monoisotopic (exact) mass is 380 g/mol. The predicted molar refractivity (Wildman–Crippen MR) is 121 cm³/mol. The summed E-state index contributed by atoms with van der Waals surface area (Å²) in [5.41, 5.74) is 5.32. The lowest BCUT2D eigenvalue weighted by atomic mass is 9.73. The van der Waals surface area contributed by atoms with Gasteiger partial charge in [0.1, 0.15) is 0 Å². The number of pyridine rings is 2. The van der Waals surface area contributed by atoms with Crippen LogP contribution in [0.2, 0.25) is 0 Å². The van der Waals surface area contributed by atoms with E-state index in [4.69, 9.17) is 9.97 Å². The minimum atomic E-state index is 0.0941. The van der Waals surface area contributed by atoms with Gasteiger partial charge in [-0.2, -0.15) is 0 Å². The first-order chi connectivity index (χ1) is 12.6. The molecule has 0 aliphatic carbocycles. The Kier molecular flexibility index (Phi) is 6.14. The second-order valence-electron chi connectivity index (χ2n) is 11.6. The predicted octanol–water partition coefficient (Wildman–Crippen LogP) is 7.11. The second-order valence-corrected chi connectivity index (χ2v) is 11.6. The third-order valence-electron chi connectivity index (χ3n) is 6.00. The molecule has 0 saturated heterocycles. The minimum Gasteiger partial charge on any atom is -0.260 e. The van der Waals surface area contributed by atoms with Gasteiger partial charge in [0.2, 0.25) is 0 Å². The maximum atomic E-state index is 4.74. The Balaban J connectivity index is 2.12. The summed E-state index contributed by atoms with van der Waals surface area (Å²) in [5.74, 6) is 0. The van der Waals surface area contributed by atoms with Gasteiger partial charge < -0.3 is 0 Å². The Morgan fingerprint density at radius 3 is 1.07 bits per heavy atom. The first-order valence-corrected chi connectivity index (χ1v) is 10.6. The van der Waals surface area contributed by atoms with Gasteiger partial charge in [0.15, 0.2) is 0 Å². The summed E-state index contributed by atoms with van der Waals surface area (Å²) < 4.78 is 0. The van der Waals surface area contributed by atoms with Gasteiger partial charge in [0.25, 0.3) is 0 Å². The van der Waals surface area contributed by atoms with Crippen molar-refractivity contribution in [1.82, 2.24) is 9.97 Å². The summed E-state index contributed by atoms with van der Waals surface area (Å²) in [6.07, 6.45) is 6.37. The zero-order valence-corrected chi connectivity index (χ0v) is 19.8. The molecule has 154 valence electrons. The smallest absolute Gasteiger partial charge is 0.0457 e. The van der Waals surface area contributed by atoms with E-state index in [0.717, 1.165) is 24.2 Å². The molecule has 0 radical (unpaired) electrons. The van der Waals surface area contributed by atoms with Crippen molar-refractivity contribution in [2.75, 3.05) is 0 Å². The van der Waals surface area contributed by atoms with Gasteiger partial charge in [0.05, 0.1) is 0 Å². The fraction of sp³-hybridized carbons (Fsp3) is 0.615. The van der Waals surface area contributed by atoms with E-state index in [1.54, 1.807) is 0 Å². The molecule has 0 spiro atoms. The molecule has 2 aromatic rings. The summed E-state index contributed by atoms with van der Waals surface area (Å²) in [7, 11) is 0. The van der Waals surface area contributed by atoms with Crippen molar-refractivity contribution in [3.63, 3.8) is 0 Å². The van der Waals surface area contributed by atoms with Crippen molar-refractivity contribution in [1.29, 1.82) is 0 Å². The SMILES string of the molecule is CC(C)(C)c1ccc(C(C)(C)CCC(C)(C)c2ccc(C(C)(C)C)nc2)cn1. The van der Waals surface area contributed by atoms with Gasteiger partial charge in [-0.05, 0) is 46.9 Å². The van der Waals surface area contributed by atoms with Crippen LogP contribution in [0.15, 0.2) is 36.7 Å². The van der Waals surface area contributed by atoms with Crippen LogP contribution in [-0.4, -0.2) is 9.97 Å². The molecule has 0 atom stereocenters. The Bertz CT molecular complexity index is 698.